The van der Waals surface area contributed by atoms with Gasteiger partial charge in [0, 0.05) is 10.6 Å². The fraction of sp³-hybridized carbons (Fsp3) is 0.296. The minimum absolute atomic E-state index is 0.0395. The lowest BCUT2D eigenvalue weighted by Gasteiger charge is -2.18. The maximum absolute atomic E-state index is 13.8. The number of nitrogens with one attached hydrogen (secondary N) is 1. The van der Waals surface area contributed by atoms with E-state index in [1.807, 2.05) is 62.4 Å². The first-order chi connectivity index (χ1) is 16.4. The molecule has 5 rings (SSSR count). The zero-order chi connectivity index (χ0) is 23.8. The Morgan fingerprint density at radius 1 is 1.12 bits per heavy atom. The molecule has 0 saturated heterocycles. The minimum Gasteiger partial charge on any atom is -0.325 e. The molecule has 174 valence electrons. The average Bonchev–Trinajstić information content (AvgIpc) is 3.17. The third kappa shape index (κ3) is 4.55. The van der Waals surface area contributed by atoms with E-state index >= 15 is 0 Å². The highest BCUT2D eigenvalue weighted by Crippen LogP contribution is 2.37. The van der Waals surface area contributed by atoms with Crippen LogP contribution in [0.25, 0.3) is 15.9 Å². The molecule has 0 bridgehead atoms. The Balaban J connectivity index is 1.52. The molecule has 2 aromatic carbocycles. The summed E-state index contributed by atoms with van der Waals surface area (Å²) in [6.45, 7) is 6.30. The maximum atomic E-state index is 13.8. The van der Waals surface area contributed by atoms with Crippen molar-refractivity contribution in [1.82, 2.24) is 9.55 Å². The summed E-state index contributed by atoms with van der Waals surface area (Å²) in [6, 6.07) is 15.6. The Morgan fingerprint density at radius 2 is 1.79 bits per heavy atom. The predicted molar refractivity (Wildman–Crippen MR) is 142 cm³/mol. The van der Waals surface area contributed by atoms with Gasteiger partial charge in [-0.1, -0.05) is 54.1 Å². The van der Waals surface area contributed by atoms with Gasteiger partial charge < -0.3 is 5.32 Å². The molecule has 5 nitrogen and oxygen atoms in total. The molecule has 7 heteroatoms. The van der Waals surface area contributed by atoms with Crippen LogP contribution in [0.3, 0.4) is 0 Å². The molecule has 4 aromatic rings. The maximum Gasteiger partial charge on any atom is 0.267 e. The van der Waals surface area contributed by atoms with E-state index in [1.165, 1.54) is 22.2 Å². The summed E-state index contributed by atoms with van der Waals surface area (Å²) in [7, 11) is 0. The van der Waals surface area contributed by atoms with Crippen LogP contribution in [-0.4, -0.2) is 21.2 Å². The summed E-state index contributed by atoms with van der Waals surface area (Å²) < 4.78 is 1.68. The van der Waals surface area contributed by atoms with Crippen molar-refractivity contribution in [2.24, 2.45) is 5.92 Å². The van der Waals surface area contributed by atoms with Gasteiger partial charge >= 0.3 is 0 Å². The summed E-state index contributed by atoms with van der Waals surface area (Å²) in [5, 5.41) is 4.23. The molecule has 2 heterocycles. The lowest BCUT2D eigenvalue weighted by molar-refractivity contribution is -0.113. The number of nitrogens with zero attached hydrogens (tertiary/aromatic N) is 2. The molecule has 0 spiro atoms. The Bertz CT molecular complexity index is 1420. The van der Waals surface area contributed by atoms with Crippen LogP contribution in [0.4, 0.5) is 5.69 Å². The van der Waals surface area contributed by atoms with E-state index < -0.39 is 0 Å². The van der Waals surface area contributed by atoms with Gasteiger partial charge in [-0.3, -0.25) is 14.2 Å². The fourth-order valence-electron chi connectivity index (χ4n) is 4.35. The highest BCUT2D eigenvalue weighted by atomic mass is 32.2. The summed E-state index contributed by atoms with van der Waals surface area (Å²) in [4.78, 5) is 33.5. The highest BCUT2D eigenvalue weighted by Gasteiger charge is 2.25. The molecule has 1 aliphatic carbocycles. The van der Waals surface area contributed by atoms with Crippen LogP contribution in [0.15, 0.2) is 58.5 Å². The highest BCUT2D eigenvalue weighted by molar-refractivity contribution is 7.99. The molecule has 0 fully saturated rings. The van der Waals surface area contributed by atoms with Gasteiger partial charge in [0.25, 0.3) is 5.56 Å². The summed E-state index contributed by atoms with van der Waals surface area (Å²) >= 11 is 2.94. The lowest BCUT2D eigenvalue weighted by Crippen LogP contribution is -2.23. The van der Waals surface area contributed by atoms with Gasteiger partial charge in [0.05, 0.1) is 16.8 Å². The molecule has 2 aromatic heterocycles. The lowest BCUT2D eigenvalue weighted by atomic mass is 9.89. The second-order valence-corrected chi connectivity index (χ2v) is 11.1. The number of aromatic nitrogens is 2. The topological polar surface area (TPSA) is 64.0 Å². The molecule has 1 N–H and O–H groups in total. The first-order valence-corrected chi connectivity index (χ1v) is 13.3. The summed E-state index contributed by atoms with van der Waals surface area (Å²) in [6.07, 6.45) is 3.02. The van der Waals surface area contributed by atoms with Gasteiger partial charge in [0.1, 0.15) is 4.83 Å². The average molecular weight is 490 g/mol. The number of benzene rings is 2. The van der Waals surface area contributed by atoms with Crippen LogP contribution in [-0.2, 0) is 17.6 Å². The minimum atomic E-state index is -0.127. The van der Waals surface area contributed by atoms with Crippen molar-refractivity contribution in [3.8, 4) is 5.69 Å². The fourth-order valence-corrected chi connectivity index (χ4v) is 6.59. The monoisotopic (exact) mass is 489 g/mol. The van der Waals surface area contributed by atoms with Crippen LogP contribution in [0, 0.1) is 19.8 Å². The number of carbonyl (C=O) groups is 1. The Morgan fingerprint density at radius 3 is 2.50 bits per heavy atom. The van der Waals surface area contributed by atoms with Crippen molar-refractivity contribution >= 4 is 44.9 Å². The van der Waals surface area contributed by atoms with Gasteiger partial charge in [-0.25, -0.2) is 4.98 Å². The van der Waals surface area contributed by atoms with Crippen LogP contribution in [0.2, 0.25) is 0 Å². The normalized spacial score (nSPS) is 15.3. The van der Waals surface area contributed by atoms with Crippen LogP contribution >= 0.6 is 23.1 Å². The molecular weight excluding hydrogens is 462 g/mol. The van der Waals surface area contributed by atoms with Crippen molar-refractivity contribution in [2.45, 2.75) is 45.2 Å². The Kier molecular flexibility index (Phi) is 6.32. The van der Waals surface area contributed by atoms with Crippen molar-refractivity contribution in [1.29, 1.82) is 0 Å². The van der Waals surface area contributed by atoms with Crippen molar-refractivity contribution in [2.75, 3.05) is 11.1 Å². The number of hydrogen-bond acceptors (Lipinski definition) is 5. The summed E-state index contributed by atoms with van der Waals surface area (Å²) in [5.41, 5.74) is 4.93. The van der Waals surface area contributed by atoms with Crippen molar-refractivity contribution < 1.29 is 4.79 Å². The predicted octanol–water partition coefficient (Wildman–Crippen LogP) is 5.92. The van der Waals surface area contributed by atoms with E-state index in [-0.39, 0.29) is 17.2 Å². The van der Waals surface area contributed by atoms with Crippen LogP contribution in [0.1, 0.15) is 34.9 Å². The molecule has 0 saturated carbocycles. The number of carbonyl (C=O) groups excluding carboxylic acids is 1. The number of thiophene rings is 1. The molecule has 34 heavy (non-hydrogen) atoms. The van der Waals surface area contributed by atoms with Crippen LogP contribution < -0.4 is 10.9 Å². The standard InChI is InChI=1S/C27H27N3O2S2/c1-16-4-9-19(10-5-16)28-23(31)15-33-27-29-25-24(21-13-8-18(3)14-22(21)34-25)26(32)30(27)20-11-6-17(2)7-12-20/h4-7,9-12,18H,8,13-15H2,1-3H3,(H,28,31). The molecular formula is C27H27N3O2S2. The van der Waals surface area contributed by atoms with E-state index in [2.05, 4.69) is 12.2 Å². The van der Waals surface area contributed by atoms with Gasteiger partial charge in [-0.15, -0.1) is 11.3 Å². The number of thioether (sulfide) groups is 1. The number of aryl methyl sites for hydroxylation is 3. The quantitative estimate of drug-likeness (QED) is 0.279. The zero-order valence-electron chi connectivity index (χ0n) is 19.6. The molecule has 1 unspecified atom stereocenters. The third-order valence-electron chi connectivity index (χ3n) is 6.26. The smallest absolute Gasteiger partial charge is 0.267 e. The van der Waals surface area contributed by atoms with Gasteiger partial charge in [0.2, 0.25) is 5.91 Å². The number of anilines is 1. The first kappa shape index (κ1) is 22.9. The molecule has 1 atom stereocenters. The second kappa shape index (κ2) is 9.39. The Labute approximate surface area is 207 Å². The summed E-state index contributed by atoms with van der Waals surface area (Å²) in [5.74, 6) is 0.664. The first-order valence-electron chi connectivity index (χ1n) is 11.5. The molecule has 0 aliphatic heterocycles. The third-order valence-corrected chi connectivity index (χ3v) is 8.35. The number of hydrogen-bond donors (Lipinski definition) is 1. The largest absolute Gasteiger partial charge is 0.325 e. The van der Waals surface area contributed by atoms with Crippen molar-refractivity contribution in [3.63, 3.8) is 0 Å². The second-order valence-electron chi connectivity index (χ2n) is 9.11. The van der Waals surface area contributed by atoms with Crippen LogP contribution in [0.5, 0.6) is 0 Å². The van der Waals surface area contributed by atoms with Gasteiger partial charge in [-0.05, 0) is 68.9 Å². The zero-order valence-corrected chi connectivity index (χ0v) is 21.2. The Hall–Kier alpha value is -2.90. The molecule has 1 amide bonds. The van der Waals surface area contributed by atoms with E-state index in [0.717, 1.165) is 52.0 Å². The van der Waals surface area contributed by atoms with Gasteiger partial charge in [0.15, 0.2) is 5.16 Å². The van der Waals surface area contributed by atoms with Crippen molar-refractivity contribution in [3.05, 3.63) is 80.5 Å². The SMILES string of the molecule is Cc1ccc(NC(=O)CSc2nc3sc4c(c3c(=O)n2-c2ccc(C)cc2)CCC(C)C4)cc1. The van der Waals surface area contributed by atoms with E-state index in [9.17, 15) is 9.59 Å². The van der Waals surface area contributed by atoms with E-state index in [0.29, 0.717) is 11.1 Å². The molecule has 0 radical (unpaired) electrons. The number of amides is 1. The van der Waals surface area contributed by atoms with E-state index in [1.54, 1.807) is 15.9 Å². The molecule has 1 aliphatic rings. The van der Waals surface area contributed by atoms with E-state index in [4.69, 9.17) is 4.98 Å². The number of rotatable bonds is 5. The van der Waals surface area contributed by atoms with Gasteiger partial charge in [-0.2, -0.15) is 0 Å². The number of fused-ring (bicyclic) bond motifs is 3.